The summed E-state index contributed by atoms with van der Waals surface area (Å²) in [6.07, 6.45) is 3.52. The summed E-state index contributed by atoms with van der Waals surface area (Å²) >= 11 is 0. The first-order chi connectivity index (χ1) is 7.24. The molecule has 2 rings (SSSR count). The molecule has 0 aliphatic carbocycles. The van der Waals surface area contributed by atoms with Crippen molar-refractivity contribution in [2.75, 3.05) is 7.11 Å². The highest BCUT2D eigenvalue weighted by atomic mass is 16.5. The molecule has 0 amide bonds. The van der Waals surface area contributed by atoms with Gasteiger partial charge in [-0.25, -0.2) is 4.98 Å². The van der Waals surface area contributed by atoms with Crippen molar-refractivity contribution in [1.29, 1.82) is 0 Å². The van der Waals surface area contributed by atoms with Crippen molar-refractivity contribution in [1.82, 2.24) is 9.97 Å². The second-order valence-corrected chi connectivity index (χ2v) is 3.39. The third-order valence-electron chi connectivity index (χ3n) is 2.50. The summed E-state index contributed by atoms with van der Waals surface area (Å²) in [6.45, 7) is 1.82. The Kier molecular flexibility index (Phi) is 2.41. The van der Waals surface area contributed by atoms with Gasteiger partial charge in [0, 0.05) is 17.8 Å². The Labute approximate surface area is 87.3 Å². The van der Waals surface area contributed by atoms with Crippen LogP contribution in [0.2, 0.25) is 0 Å². The van der Waals surface area contributed by atoms with Gasteiger partial charge in [0.15, 0.2) is 0 Å². The highest BCUT2D eigenvalue weighted by Crippen LogP contribution is 2.24. The van der Waals surface area contributed by atoms with E-state index in [-0.39, 0.29) is 11.9 Å². The van der Waals surface area contributed by atoms with Gasteiger partial charge in [-0.15, -0.1) is 0 Å². The maximum atomic E-state index is 11.4. The minimum absolute atomic E-state index is 0.236. The predicted molar refractivity (Wildman–Crippen MR) is 56.5 cm³/mol. The monoisotopic (exact) mass is 204 g/mol. The lowest BCUT2D eigenvalue weighted by Gasteiger charge is -2.07. The number of hydrogen-bond acceptors (Lipinski definition) is 3. The fourth-order valence-corrected chi connectivity index (χ4v) is 1.64. The van der Waals surface area contributed by atoms with Crippen molar-refractivity contribution in [2.45, 2.75) is 12.8 Å². The molecule has 4 nitrogen and oxygen atoms in total. The number of H-pyrrole nitrogens is 1. The summed E-state index contributed by atoms with van der Waals surface area (Å²) in [7, 11) is 1.39. The van der Waals surface area contributed by atoms with Gasteiger partial charge in [0.1, 0.15) is 5.65 Å². The smallest absolute Gasteiger partial charge is 0.312 e. The van der Waals surface area contributed by atoms with Crippen molar-refractivity contribution >= 4 is 17.0 Å². The SMILES string of the molecule is COC(=O)C(C)c1c[nH]c2ncccc12. The largest absolute Gasteiger partial charge is 0.469 e. The third kappa shape index (κ3) is 1.58. The van der Waals surface area contributed by atoms with E-state index in [0.717, 1.165) is 16.6 Å². The highest BCUT2D eigenvalue weighted by Gasteiger charge is 2.19. The zero-order chi connectivity index (χ0) is 10.8. The van der Waals surface area contributed by atoms with Gasteiger partial charge in [-0.3, -0.25) is 4.79 Å². The topological polar surface area (TPSA) is 55.0 Å². The number of ether oxygens (including phenoxy) is 1. The Morgan fingerprint density at radius 1 is 1.60 bits per heavy atom. The van der Waals surface area contributed by atoms with Crippen molar-refractivity contribution < 1.29 is 9.53 Å². The maximum Gasteiger partial charge on any atom is 0.312 e. The van der Waals surface area contributed by atoms with E-state index in [1.165, 1.54) is 7.11 Å². The molecule has 15 heavy (non-hydrogen) atoms. The Balaban J connectivity index is 2.48. The quantitative estimate of drug-likeness (QED) is 0.759. The molecule has 4 heteroatoms. The number of nitrogens with zero attached hydrogens (tertiary/aromatic N) is 1. The lowest BCUT2D eigenvalue weighted by Crippen LogP contribution is -2.10. The number of aromatic nitrogens is 2. The number of carbonyl (C=O) groups is 1. The number of pyridine rings is 1. The van der Waals surface area contributed by atoms with Crippen molar-refractivity contribution in [3.63, 3.8) is 0 Å². The Morgan fingerprint density at radius 3 is 3.13 bits per heavy atom. The normalized spacial score (nSPS) is 12.7. The molecule has 2 heterocycles. The van der Waals surface area contributed by atoms with Crippen LogP contribution in [0.15, 0.2) is 24.5 Å². The highest BCUT2D eigenvalue weighted by molar-refractivity contribution is 5.87. The molecule has 0 aromatic carbocycles. The van der Waals surface area contributed by atoms with Crippen LogP contribution < -0.4 is 0 Å². The van der Waals surface area contributed by atoms with Crippen LogP contribution in [0, 0.1) is 0 Å². The first kappa shape index (κ1) is 9.71. The van der Waals surface area contributed by atoms with Gasteiger partial charge in [-0.2, -0.15) is 0 Å². The predicted octanol–water partition coefficient (Wildman–Crippen LogP) is 1.84. The molecule has 0 fully saturated rings. The lowest BCUT2D eigenvalue weighted by molar-refractivity contribution is -0.141. The van der Waals surface area contributed by atoms with Crippen molar-refractivity contribution in [3.05, 3.63) is 30.1 Å². The van der Waals surface area contributed by atoms with Crippen molar-refractivity contribution in [2.24, 2.45) is 0 Å². The number of rotatable bonds is 2. The minimum Gasteiger partial charge on any atom is -0.469 e. The summed E-state index contributed by atoms with van der Waals surface area (Å²) < 4.78 is 4.71. The summed E-state index contributed by atoms with van der Waals surface area (Å²) in [5.74, 6) is -0.507. The molecule has 1 N–H and O–H groups in total. The van der Waals surface area contributed by atoms with Crippen LogP contribution in [0.4, 0.5) is 0 Å². The Hall–Kier alpha value is -1.84. The molecule has 0 bridgehead atoms. The molecule has 0 aliphatic rings. The van der Waals surface area contributed by atoms with E-state index in [1.807, 2.05) is 19.1 Å². The second kappa shape index (κ2) is 3.73. The molecule has 0 spiro atoms. The number of fused-ring (bicyclic) bond motifs is 1. The number of methoxy groups -OCH3 is 1. The van der Waals surface area contributed by atoms with E-state index in [1.54, 1.807) is 12.4 Å². The van der Waals surface area contributed by atoms with Crippen LogP contribution in [0.1, 0.15) is 18.4 Å². The Morgan fingerprint density at radius 2 is 2.40 bits per heavy atom. The molecule has 0 aliphatic heterocycles. The van der Waals surface area contributed by atoms with E-state index in [0.29, 0.717) is 0 Å². The summed E-state index contributed by atoms with van der Waals surface area (Å²) in [5, 5.41) is 0.968. The summed E-state index contributed by atoms with van der Waals surface area (Å²) in [6, 6.07) is 3.79. The van der Waals surface area contributed by atoms with Crippen LogP contribution in [0.25, 0.3) is 11.0 Å². The van der Waals surface area contributed by atoms with Gasteiger partial charge in [0.25, 0.3) is 0 Å². The van der Waals surface area contributed by atoms with Crippen LogP contribution in [0.3, 0.4) is 0 Å². The average molecular weight is 204 g/mol. The van der Waals surface area contributed by atoms with Gasteiger partial charge < -0.3 is 9.72 Å². The number of esters is 1. The summed E-state index contributed by atoms with van der Waals surface area (Å²) in [5.41, 5.74) is 1.72. The standard InChI is InChI=1S/C11H12N2O2/c1-7(11(14)15-2)9-6-13-10-8(9)4-3-5-12-10/h3-7H,1-2H3,(H,12,13). The molecular formula is C11H12N2O2. The van der Waals surface area contributed by atoms with E-state index in [2.05, 4.69) is 9.97 Å². The van der Waals surface area contributed by atoms with Gasteiger partial charge in [-0.05, 0) is 24.6 Å². The van der Waals surface area contributed by atoms with Gasteiger partial charge in [0.2, 0.25) is 0 Å². The molecule has 2 aromatic rings. The van der Waals surface area contributed by atoms with Gasteiger partial charge in [-0.1, -0.05) is 0 Å². The van der Waals surface area contributed by atoms with Crippen LogP contribution >= 0.6 is 0 Å². The van der Waals surface area contributed by atoms with E-state index in [9.17, 15) is 4.79 Å². The van der Waals surface area contributed by atoms with E-state index in [4.69, 9.17) is 4.74 Å². The maximum absolute atomic E-state index is 11.4. The average Bonchev–Trinajstić information content (AvgIpc) is 2.70. The van der Waals surface area contributed by atoms with Crippen molar-refractivity contribution in [3.8, 4) is 0 Å². The number of carbonyl (C=O) groups excluding carboxylic acids is 1. The number of hydrogen-bond donors (Lipinski definition) is 1. The van der Waals surface area contributed by atoms with E-state index >= 15 is 0 Å². The van der Waals surface area contributed by atoms with Crippen LogP contribution in [-0.2, 0) is 9.53 Å². The fourth-order valence-electron chi connectivity index (χ4n) is 1.64. The molecule has 0 saturated carbocycles. The molecule has 2 aromatic heterocycles. The van der Waals surface area contributed by atoms with Crippen LogP contribution in [-0.4, -0.2) is 23.0 Å². The van der Waals surface area contributed by atoms with Gasteiger partial charge >= 0.3 is 5.97 Å². The molecule has 1 atom stereocenters. The Bertz CT molecular complexity index is 490. The lowest BCUT2D eigenvalue weighted by atomic mass is 10.0. The second-order valence-electron chi connectivity index (χ2n) is 3.39. The molecule has 0 radical (unpaired) electrons. The van der Waals surface area contributed by atoms with E-state index < -0.39 is 0 Å². The molecule has 78 valence electrons. The fraction of sp³-hybridized carbons (Fsp3) is 0.273. The molecule has 1 unspecified atom stereocenters. The number of nitrogens with one attached hydrogen (secondary N) is 1. The third-order valence-corrected chi connectivity index (χ3v) is 2.50. The number of aromatic amines is 1. The first-order valence-corrected chi connectivity index (χ1v) is 4.74. The van der Waals surface area contributed by atoms with Gasteiger partial charge in [0.05, 0.1) is 13.0 Å². The molecule has 0 saturated heterocycles. The zero-order valence-corrected chi connectivity index (χ0v) is 8.65. The minimum atomic E-state index is -0.270. The zero-order valence-electron chi connectivity index (χ0n) is 8.65. The summed E-state index contributed by atoms with van der Waals surface area (Å²) in [4.78, 5) is 18.6. The molecular weight excluding hydrogens is 192 g/mol. The first-order valence-electron chi connectivity index (χ1n) is 4.74. The van der Waals surface area contributed by atoms with Crippen LogP contribution in [0.5, 0.6) is 0 Å².